The Morgan fingerprint density at radius 1 is 1.16 bits per heavy atom. The summed E-state index contributed by atoms with van der Waals surface area (Å²) in [6.07, 6.45) is 3.84. The molecule has 0 bridgehead atoms. The molecule has 1 heterocycles. The highest BCUT2D eigenvalue weighted by Gasteiger charge is 2.10. The zero-order valence-electron chi connectivity index (χ0n) is 14.7. The van der Waals surface area contributed by atoms with Crippen molar-refractivity contribution in [2.24, 2.45) is 0 Å². The van der Waals surface area contributed by atoms with Crippen molar-refractivity contribution in [1.82, 2.24) is 9.88 Å². The van der Waals surface area contributed by atoms with E-state index in [1.807, 2.05) is 53.2 Å². The van der Waals surface area contributed by atoms with Gasteiger partial charge in [-0.3, -0.25) is 4.79 Å². The van der Waals surface area contributed by atoms with Crippen LogP contribution in [0.15, 0.2) is 60.8 Å². The van der Waals surface area contributed by atoms with Gasteiger partial charge in [0.15, 0.2) is 0 Å². The third-order valence-corrected chi connectivity index (χ3v) is 4.41. The summed E-state index contributed by atoms with van der Waals surface area (Å²) in [6.45, 7) is 2.38. The quantitative estimate of drug-likeness (QED) is 0.713. The predicted molar refractivity (Wildman–Crippen MR) is 101 cm³/mol. The van der Waals surface area contributed by atoms with Crippen LogP contribution in [-0.4, -0.2) is 23.6 Å². The molecule has 1 unspecified atom stereocenters. The van der Waals surface area contributed by atoms with Crippen molar-refractivity contribution in [1.29, 1.82) is 0 Å². The number of hydrogen-bond acceptors (Lipinski definition) is 2. The monoisotopic (exact) mass is 336 g/mol. The number of nitrogens with one attached hydrogen (secondary N) is 1. The van der Waals surface area contributed by atoms with Crippen molar-refractivity contribution in [3.05, 3.63) is 66.4 Å². The number of ether oxygens (including phenoxy) is 1. The SMILES string of the molecule is COc1ccc2c(ccn2CC(=O)NC(C)CCc2ccccc2)c1. The number of carbonyl (C=O) groups excluding carboxylic acids is 1. The second kappa shape index (κ2) is 7.88. The van der Waals surface area contributed by atoms with Gasteiger partial charge in [-0.25, -0.2) is 0 Å². The minimum absolute atomic E-state index is 0.0360. The van der Waals surface area contributed by atoms with Gasteiger partial charge in [0.2, 0.25) is 5.91 Å². The van der Waals surface area contributed by atoms with Gasteiger partial charge in [0, 0.05) is 23.1 Å². The van der Waals surface area contributed by atoms with E-state index in [4.69, 9.17) is 4.74 Å². The van der Waals surface area contributed by atoms with Crippen molar-refractivity contribution in [3.63, 3.8) is 0 Å². The number of carbonyl (C=O) groups is 1. The molecule has 0 saturated heterocycles. The molecule has 0 saturated carbocycles. The van der Waals surface area contributed by atoms with Gasteiger partial charge in [0.05, 0.1) is 7.11 Å². The summed E-state index contributed by atoms with van der Waals surface area (Å²) in [5, 5.41) is 4.16. The van der Waals surface area contributed by atoms with Crippen molar-refractivity contribution >= 4 is 16.8 Å². The summed E-state index contributed by atoms with van der Waals surface area (Å²) in [5.41, 5.74) is 2.34. The number of rotatable bonds is 7. The van der Waals surface area contributed by atoms with Gasteiger partial charge >= 0.3 is 0 Å². The van der Waals surface area contributed by atoms with Gasteiger partial charge < -0.3 is 14.6 Å². The molecular formula is C21H24N2O2. The van der Waals surface area contributed by atoms with Gasteiger partial charge in [-0.1, -0.05) is 30.3 Å². The van der Waals surface area contributed by atoms with Crippen LogP contribution in [0.4, 0.5) is 0 Å². The van der Waals surface area contributed by atoms with Crippen LogP contribution < -0.4 is 10.1 Å². The standard InChI is InChI=1S/C21H24N2O2/c1-16(8-9-17-6-4-3-5-7-17)22-21(24)15-23-13-12-18-14-19(25-2)10-11-20(18)23/h3-7,10-14,16H,8-9,15H2,1-2H3,(H,22,24). The second-order valence-electron chi connectivity index (χ2n) is 6.36. The lowest BCUT2D eigenvalue weighted by atomic mass is 10.1. The normalized spacial score (nSPS) is 12.1. The lowest BCUT2D eigenvalue weighted by molar-refractivity contribution is -0.122. The molecule has 1 amide bonds. The number of amides is 1. The fourth-order valence-corrected chi connectivity index (χ4v) is 3.02. The number of aromatic nitrogens is 1. The number of aryl methyl sites for hydroxylation is 1. The average Bonchev–Trinajstić information content (AvgIpc) is 3.02. The van der Waals surface area contributed by atoms with Crippen LogP contribution in [0.25, 0.3) is 10.9 Å². The molecule has 0 aliphatic heterocycles. The molecule has 4 nitrogen and oxygen atoms in total. The molecule has 2 aromatic carbocycles. The lowest BCUT2D eigenvalue weighted by Gasteiger charge is -2.14. The minimum Gasteiger partial charge on any atom is -0.497 e. The van der Waals surface area contributed by atoms with Crippen LogP contribution in [0.2, 0.25) is 0 Å². The van der Waals surface area contributed by atoms with Crippen molar-refractivity contribution < 1.29 is 9.53 Å². The van der Waals surface area contributed by atoms with E-state index in [0.29, 0.717) is 6.54 Å². The topological polar surface area (TPSA) is 43.3 Å². The zero-order chi connectivity index (χ0) is 17.6. The highest BCUT2D eigenvalue weighted by molar-refractivity contribution is 5.84. The fraction of sp³-hybridized carbons (Fsp3) is 0.286. The van der Waals surface area contributed by atoms with Gasteiger partial charge in [-0.15, -0.1) is 0 Å². The van der Waals surface area contributed by atoms with Crippen molar-refractivity contribution in [3.8, 4) is 5.75 Å². The summed E-state index contributed by atoms with van der Waals surface area (Å²) >= 11 is 0. The Labute approximate surface area is 148 Å². The maximum atomic E-state index is 12.3. The summed E-state index contributed by atoms with van der Waals surface area (Å²) in [5.74, 6) is 0.859. The van der Waals surface area contributed by atoms with E-state index >= 15 is 0 Å². The molecule has 1 atom stereocenters. The molecule has 130 valence electrons. The Balaban J connectivity index is 1.55. The number of fused-ring (bicyclic) bond motifs is 1. The molecule has 1 N–H and O–H groups in total. The van der Waals surface area contributed by atoms with E-state index in [-0.39, 0.29) is 11.9 Å². The average molecular weight is 336 g/mol. The molecule has 0 spiro atoms. The summed E-state index contributed by atoms with van der Waals surface area (Å²) in [6, 6.07) is 18.4. The molecule has 25 heavy (non-hydrogen) atoms. The Kier molecular flexibility index (Phi) is 5.39. The lowest BCUT2D eigenvalue weighted by Crippen LogP contribution is -2.35. The van der Waals surface area contributed by atoms with E-state index in [9.17, 15) is 4.79 Å². The van der Waals surface area contributed by atoms with Gasteiger partial charge in [-0.05, 0) is 49.6 Å². The Hall–Kier alpha value is -2.75. The van der Waals surface area contributed by atoms with Crippen molar-refractivity contribution in [2.45, 2.75) is 32.4 Å². The molecule has 0 radical (unpaired) electrons. The maximum absolute atomic E-state index is 12.3. The molecule has 0 aliphatic carbocycles. The summed E-state index contributed by atoms with van der Waals surface area (Å²) in [4.78, 5) is 12.3. The first-order valence-corrected chi connectivity index (χ1v) is 8.62. The third-order valence-electron chi connectivity index (χ3n) is 4.41. The minimum atomic E-state index is 0.0360. The third kappa shape index (κ3) is 4.41. The number of methoxy groups -OCH3 is 1. The van der Waals surface area contributed by atoms with E-state index in [1.54, 1.807) is 7.11 Å². The number of nitrogens with zero attached hydrogens (tertiary/aromatic N) is 1. The molecule has 1 aromatic heterocycles. The zero-order valence-corrected chi connectivity index (χ0v) is 14.7. The van der Waals surface area contributed by atoms with Gasteiger partial charge in [0.1, 0.15) is 12.3 Å². The van der Waals surface area contributed by atoms with Gasteiger partial charge in [0.25, 0.3) is 0 Å². The number of benzene rings is 2. The van der Waals surface area contributed by atoms with Crippen molar-refractivity contribution in [2.75, 3.05) is 7.11 Å². The van der Waals surface area contributed by atoms with Crippen LogP contribution in [0.5, 0.6) is 5.75 Å². The Morgan fingerprint density at radius 2 is 1.96 bits per heavy atom. The van der Waals surface area contributed by atoms with Gasteiger partial charge in [-0.2, -0.15) is 0 Å². The van der Waals surface area contributed by atoms with Crippen LogP contribution in [0.1, 0.15) is 18.9 Å². The molecule has 3 aromatic rings. The highest BCUT2D eigenvalue weighted by atomic mass is 16.5. The summed E-state index contributed by atoms with van der Waals surface area (Å²) in [7, 11) is 1.66. The predicted octanol–water partition coefficient (Wildman–Crippen LogP) is 3.79. The molecule has 4 heteroatoms. The fourth-order valence-electron chi connectivity index (χ4n) is 3.02. The second-order valence-corrected chi connectivity index (χ2v) is 6.36. The van der Waals surface area contributed by atoms with E-state index in [2.05, 4.69) is 24.4 Å². The highest BCUT2D eigenvalue weighted by Crippen LogP contribution is 2.21. The summed E-state index contributed by atoms with van der Waals surface area (Å²) < 4.78 is 7.21. The van der Waals surface area contributed by atoms with E-state index in [0.717, 1.165) is 29.5 Å². The number of hydrogen-bond donors (Lipinski definition) is 1. The first kappa shape index (κ1) is 17.1. The van der Waals surface area contributed by atoms with Crippen LogP contribution in [-0.2, 0) is 17.8 Å². The maximum Gasteiger partial charge on any atom is 0.240 e. The van der Waals surface area contributed by atoms with Crippen LogP contribution >= 0.6 is 0 Å². The molecule has 0 fully saturated rings. The Bertz CT molecular complexity index is 839. The molecule has 3 rings (SSSR count). The smallest absolute Gasteiger partial charge is 0.240 e. The van der Waals surface area contributed by atoms with Crippen LogP contribution in [0, 0.1) is 0 Å². The van der Waals surface area contributed by atoms with Crippen LogP contribution in [0.3, 0.4) is 0 Å². The molecule has 0 aliphatic rings. The first-order chi connectivity index (χ1) is 12.2. The Morgan fingerprint density at radius 3 is 2.72 bits per heavy atom. The van der Waals surface area contributed by atoms with E-state index in [1.165, 1.54) is 5.56 Å². The first-order valence-electron chi connectivity index (χ1n) is 8.62. The molecular weight excluding hydrogens is 312 g/mol. The largest absolute Gasteiger partial charge is 0.497 e. The van der Waals surface area contributed by atoms with E-state index < -0.39 is 0 Å².